The average Bonchev–Trinajstić information content (AvgIpc) is 2.70. The summed E-state index contributed by atoms with van der Waals surface area (Å²) in [6.07, 6.45) is 7.55. The van der Waals surface area contributed by atoms with Crippen LogP contribution in [0.3, 0.4) is 0 Å². The van der Waals surface area contributed by atoms with Crippen LogP contribution in [0.5, 0.6) is 5.75 Å². The minimum absolute atomic E-state index is 0.0164. The highest BCUT2D eigenvalue weighted by atomic mass is 16.4. The molecule has 1 fully saturated rings. The van der Waals surface area contributed by atoms with E-state index in [0.717, 1.165) is 44.7 Å². The first-order chi connectivity index (χ1) is 13.8. The molecule has 0 saturated heterocycles. The number of carbonyl (C=O) groups excluding carboxylic acids is 2. The maximum Gasteiger partial charge on any atom is 0.341 e. The summed E-state index contributed by atoms with van der Waals surface area (Å²) >= 11 is 0. The Morgan fingerprint density at radius 2 is 1.90 bits per heavy atom. The van der Waals surface area contributed by atoms with Gasteiger partial charge in [0.15, 0.2) is 11.4 Å². The van der Waals surface area contributed by atoms with Crippen LogP contribution in [-0.2, 0) is 11.3 Å². The largest absolute Gasteiger partial charge is 0.503 e. The van der Waals surface area contributed by atoms with Gasteiger partial charge in [-0.1, -0.05) is 32.6 Å². The van der Waals surface area contributed by atoms with Gasteiger partial charge in [0.25, 0.3) is 5.91 Å². The number of unbranched alkanes of at least 4 members (excludes halogenated alkanes) is 1. The maximum atomic E-state index is 13.1. The molecule has 2 heterocycles. The Kier molecular flexibility index (Phi) is 6.24. The van der Waals surface area contributed by atoms with Gasteiger partial charge in [0.2, 0.25) is 11.3 Å². The lowest BCUT2D eigenvalue weighted by Crippen LogP contribution is -2.57. The second-order valence-electron chi connectivity index (χ2n) is 7.74. The number of aromatic carboxylic acids is 1. The Morgan fingerprint density at radius 1 is 1.21 bits per heavy atom. The fourth-order valence-corrected chi connectivity index (χ4v) is 4.09. The van der Waals surface area contributed by atoms with Gasteiger partial charge in [-0.3, -0.25) is 14.4 Å². The molecule has 1 aromatic rings. The first kappa shape index (κ1) is 20.9. The molecule has 0 spiro atoms. The molecule has 0 aromatic carbocycles. The minimum atomic E-state index is -1.50. The number of amides is 2. The molecule has 1 aliphatic heterocycles. The molecule has 1 atom stereocenters. The van der Waals surface area contributed by atoms with Gasteiger partial charge in [-0.25, -0.2) is 4.79 Å². The van der Waals surface area contributed by atoms with Crippen LogP contribution in [0, 0.1) is 0 Å². The van der Waals surface area contributed by atoms with Crippen LogP contribution in [0.15, 0.2) is 11.0 Å². The lowest BCUT2D eigenvalue weighted by atomic mass is 9.95. The van der Waals surface area contributed by atoms with E-state index in [9.17, 15) is 29.4 Å². The first-order valence-electron chi connectivity index (χ1n) is 10.2. The van der Waals surface area contributed by atoms with E-state index in [2.05, 4.69) is 5.32 Å². The Morgan fingerprint density at radius 3 is 2.52 bits per heavy atom. The summed E-state index contributed by atoms with van der Waals surface area (Å²) in [5.74, 6) is -3.31. The molecule has 0 unspecified atom stereocenters. The molecule has 3 rings (SSSR count). The molecular formula is C20H27N3O6. The highest BCUT2D eigenvalue weighted by Crippen LogP contribution is 2.25. The topological polar surface area (TPSA) is 129 Å². The van der Waals surface area contributed by atoms with Gasteiger partial charge in [0, 0.05) is 18.8 Å². The van der Waals surface area contributed by atoms with Gasteiger partial charge in [0.1, 0.15) is 11.6 Å². The monoisotopic (exact) mass is 405 g/mol. The number of fused-ring (bicyclic) bond motifs is 1. The van der Waals surface area contributed by atoms with Crippen LogP contribution in [0.25, 0.3) is 0 Å². The van der Waals surface area contributed by atoms with Gasteiger partial charge in [-0.15, -0.1) is 0 Å². The molecular weight excluding hydrogens is 378 g/mol. The van der Waals surface area contributed by atoms with Crippen molar-refractivity contribution in [3.63, 3.8) is 0 Å². The third-order valence-corrected chi connectivity index (χ3v) is 5.70. The van der Waals surface area contributed by atoms with E-state index < -0.39 is 34.7 Å². The van der Waals surface area contributed by atoms with Gasteiger partial charge in [0.05, 0.1) is 6.54 Å². The fourth-order valence-electron chi connectivity index (χ4n) is 4.09. The second-order valence-corrected chi connectivity index (χ2v) is 7.74. The zero-order valence-corrected chi connectivity index (χ0v) is 16.5. The summed E-state index contributed by atoms with van der Waals surface area (Å²) in [5, 5.41) is 22.5. The summed E-state index contributed by atoms with van der Waals surface area (Å²) in [6, 6.07) is -0.759. The fraction of sp³-hybridized carbons (Fsp3) is 0.600. The number of aromatic nitrogens is 1. The maximum absolute atomic E-state index is 13.1. The molecule has 1 aromatic heterocycles. The van der Waals surface area contributed by atoms with Crippen LogP contribution < -0.4 is 10.7 Å². The Bertz CT molecular complexity index is 872. The average molecular weight is 405 g/mol. The SMILES string of the molecule is CCCCN1C(=O)c2c(O)c(=O)c(C(=O)O)cn2C[C@@H]1C(=O)NC1CCCCC1. The van der Waals surface area contributed by atoms with Gasteiger partial charge in [-0.2, -0.15) is 0 Å². The third-order valence-electron chi connectivity index (χ3n) is 5.70. The summed E-state index contributed by atoms with van der Waals surface area (Å²) in [4.78, 5) is 50.9. The Hall–Kier alpha value is -2.84. The van der Waals surface area contributed by atoms with Crippen molar-refractivity contribution in [2.75, 3.05) is 6.54 Å². The number of hydrogen-bond donors (Lipinski definition) is 3. The number of carboxylic acids is 1. The normalized spacial score (nSPS) is 19.7. The van der Waals surface area contributed by atoms with Gasteiger partial charge >= 0.3 is 5.97 Å². The predicted octanol–water partition coefficient (Wildman–Crippen LogP) is 1.33. The standard InChI is InChI=1S/C20H27N3O6/c1-2-3-9-23-14(18(26)21-12-7-5-4-6-8-12)11-22-10-13(20(28)29)16(24)17(25)15(22)19(23)27/h10,12,14,25H,2-9,11H2,1H3,(H,21,26)(H,28,29)/t14-/m1/s1. The third kappa shape index (κ3) is 4.13. The van der Waals surface area contributed by atoms with Crippen molar-refractivity contribution in [2.24, 2.45) is 0 Å². The highest BCUT2D eigenvalue weighted by molar-refractivity contribution is 6.00. The van der Waals surface area contributed by atoms with Crippen LogP contribution >= 0.6 is 0 Å². The number of carbonyl (C=O) groups is 3. The molecule has 158 valence electrons. The van der Waals surface area contributed by atoms with Crippen molar-refractivity contribution in [1.29, 1.82) is 0 Å². The Balaban J connectivity index is 1.96. The summed E-state index contributed by atoms with van der Waals surface area (Å²) in [6.45, 7) is 2.25. The summed E-state index contributed by atoms with van der Waals surface area (Å²) in [5.41, 5.74) is -2.00. The number of nitrogens with zero attached hydrogens (tertiary/aromatic N) is 2. The van der Waals surface area contributed by atoms with Crippen molar-refractivity contribution in [2.45, 2.75) is 70.5 Å². The quantitative estimate of drug-likeness (QED) is 0.655. The number of aromatic hydroxyl groups is 1. The number of carboxylic acid groups (broad SMARTS) is 1. The van der Waals surface area contributed by atoms with Crippen molar-refractivity contribution in [3.8, 4) is 5.75 Å². The van der Waals surface area contributed by atoms with Crippen LogP contribution in [0.2, 0.25) is 0 Å². The number of pyridine rings is 1. The number of rotatable bonds is 6. The number of hydrogen-bond acceptors (Lipinski definition) is 5. The highest BCUT2D eigenvalue weighted by Gasteiger charge is 2.39. The van der Waals surface area contributed by atoms with Crippen LogP contribution in [-0.4, -0.2) is 56.1 Å². The molecule has 1 saturated carbocycles. The molecule has 2 aliphatic rings. The molecule has 3 N–H and O–H groups in total. The molecule has 0 bridgehead atoms. The van der Waals surface area contributed by atoms with E-state index in [1.165, 1.54) is 9.47 Å². The molecule has 9 heteroatoms. The van der Waals surface area contributed by atoms with Gasteiger partial charge < -0.3 is 25.0 Å². The van der Waals surface area contributed by atoms with E-state index in [0.29, 0.717) is 13.0 Å². The van der Waals surface area contributed by atoms with Crippen molar-refractivity contribution < 1.29 is 24.6 Å². The van der Waals surface area contributed by atoms with Crippen LogP contribution in [0.1, 0.15) is 72.7 Å². The zero-order valence-electron chi connectivity index (χ0n) is 16.5. The first-order valence-corrected chi connectivity index (χ1v) is 10.2. The smallest absolute Gasteiger partial charge is 0.341 e. The van der Waals surface area contributed by atoms with E-state index in [-0.39, 0.29) is 24.2 Å². The van der Waals surface area contributed by atoms with Crippen LogP contribution in [0.4, 0.5) is 0 Å². The lowest BCUT2D eigenvalue weighted by Gasteiger charge is -2.38. The van der Waals surface area contributed by atoms with Crippen molar-refractivity contribution >= 4 is 17.8 Å². The molecule has 0 radical (unpaired) electrons. The number of nitrogens with one attached hydrogen (secondary N) is 1. The molecule has 9 nitrogen and oxygen atoms in total. The molecule has 1 aliphatic carbocycles. The van der Waals surface area contributed by atoms with Crippen molar-refractivity contribution in [1.82, 2.24) is 14.8 Å². The minimum Gasteiger partial charge on any atom is -0.503 e. The van der Waals surface area contributed by atoms with E-state index in [4.69, 9.17) is 0 Å². The van der Waals surface area contributed by atoms with Crippen molar-refractivity contribution in [3.05, 3.63) is 27.7 Å². The molecule has 29 heavy (non-hydrogen) atoms. The predicted molar refractivity (Wildman–Crippen MR) is 104 cm³/mol. The lowest BCUT2D eigenvalue weighted by molar-refractivity contribution is -0.127. The van der Waals surface area contributed by atoms with Gasteiger partial charge in [-0.05, 0) is 19.3 Å². The summed E-state index contributed by atoms with van der Waals surface area (Å²) < 4.78 is 1.22. The second kappa shape index (κ2) is 8.67. The van der Waals surface area contributed by atoms with E-state index >= 15 is 0 Å². The zero-order chi connectivity index (χ0) is 21.1. The summed E-state index contributed by atoms with van der Waals surface area (Å²) in [7, 11) is 0. The van der Waals surface area contributed by atoms with E-state index in [1.54, 1.807) is 0 Å². The van der Waals surface area contributed by atoms with E-state index in [1.807, 2.05) is 6.92 Å². The molecule has 2 amide bonds. The Labute approximate surface area is 168 Å².